The minimum Gasteiger partial charge on any atom is -0.465 e. The summed E-state index contributed by atoms with van der Waals surface area (Å²) in [5, 5.41) is 22.5. The molecular formula is C16H15ClINO3. The molecule has 2 aromatic carbocycles. The molecule has 0 radical (unpaired) electrons. The largest absolute Gasteiger partial charge is 0.465 e. The second-order valence-electron chi connectivity index (χ2n) is 4.93. The number of halogens is 2. The van der Waals surface area contributed by atoms with Crippen LogP contribution in [0.5, 0.6) is 0 Å². The highest BCUT2D eigenvalue weighted by atomic mass is 127. The molecule has 0 bridgehead atoms. The van der Waals surface area contributed by atoms with Crippen molar-refractivity contribution in [2.75, 3.05) is 0 Å². The van der Waals surface area contributed by atoms with Crippen LogP contribution in [-0.4, -0.2) is 16.3 Å². The van der Waals surface area contributed by atoms with Crippen molar-refractivity contribution < 1.29 is 15.0 Å². The van der Waals surface area contributed by atoms with Gasteiger partial charge in [0.25, 0.3) is 0 Å². The van der Waals surface area contributed by atoms with Gasteiger partial charge in [-0.3, -0.25) is 0 Å². The van der Waals surface area contributed by atoms with Crippen LogP contribution >= 0.6 is 34.2 Å². The maximum absolute atomic E-state index is 11.1. The standard InChI is InChI=1S/C16H15ClINO3/c1-9-2-3-11(8-13(9)17)14(19-16(21)22)15(20)10-4-6-12(18)7-5-10/h2-8,14-15,19-20H,1H3,(H,21,22). The van der Waals surface area contributed by atoms with Gasteiger partial charge in [0.1, 0.15) is 6.10 Å². The van der Waals surface area contributed by atoms with E-state index in [0.717, 1.165) is 9.13 Å². The fourth-order valence-corrected chi connectivity index (χ4v) is 2.68. The van der Waals surface area contributed by atoms with E-state index in [2.05, 4.69) is 27.9 Å². The third kappa shape index (κ3) is 4.12. The summed E-state index contributed by atoms with van der Waals surface area (Å²) in [5.74, 6) is 0. The minimum absolute atomic E-state index is 0.532. The molecule has 3 N–H and O–H groups in total. The molecule has 0 aromatic heterocycles. The van der Waals surface area contributed by atoms with Crippen molar-refractivity contribution >= 4 is 40.3 Å². The summed E-state index contributed by atoms with van der Waals surface area (Å²) in [4.78, 5) is 11.1. The predicted octanol–water partition coefficient (Wildman–Crippen LogP) is 4.30. The third-order valence-corrected chi connectivity index (χ3v) is 4.49. The van der Waals surface area contributed by atoms with Crippen LogP contribution in [0.3, 0.4) is 0 Å². The average molecular weight is 432 g/mol. The molecule has 2 aromatic rings. The van der Waals surface area contributed by atoms with Crippen molar-refractivity contribution in [1.82, 2.24) is 5.32 Å². The van der Waals surface area contributed by atoms with E-state index < -0.39 is 18.2 Å². The molecule has 0 aliphatic rings. The molecule has 0 aliphatic carbocycles. The monoisotopic (exact) mass is 431 g/mol. The summed E-state index contributed by atoms with van der Waals surface area (Å²) in [6.07, 6.45) is -2.21. The molecule has 2 unspecified atom stereocenters. The van der Waals surface area contributed by atoms with Crippen molar-refractivity contribution in [3.8, 4) is 0 Å². The lowest BCUT2D eigenvalue weighted by atomic mass is 9.95. The van der Waals surface area contributed by atoms with Crippen molar-refractivity contribution in [3.05, 3.63) is 67.7 Å². The average Bonchev–Trinajstić information content (AvgIpc) is 2.48. The minimum atomic E-state index is -1.20. The van der Waals surface area contributed by atoms with Gasteiger partial charge in [-0.2, -0.15) is 0 Å². The zero-order valence-corrected chi connectivity index (χ0v) is 14.7. The van der Waals surface area contributed by atoms with Crippen molar-refractivity contribution in [3.63, 3.8) is 0 Å². The summed E-state index contributed by atoms with van der Waals surface area (Å²) in [7, 11) is 0. The fourth-order valence-electron chi connectivity index (χ4n) is 2.13. The number of hydrogen-bond donors (Lipinski definition) is 3. The van der Waals surface area contributed by atoms with Gasteiger partial charge in [0.05, 0.1) is 6.04 Å². The highest BCUT2D eigenvalue weighted by Gasteiger charge is 2.25. The number of hydrogen-bond acceptors (Lipinski definition) is 2. The number of amides is 1. The second-order valence-corrected chi connectivity index (χ2v) is 6.59. The molecule has 4 nitrogen and oxygen atoms in total. The quantitative estimate of drug-likeness (QED) is 0.632. The number of aryl methyl sites for hydroxylation is 1. The smallest absolute Gasteiger partial charge is 0.405 e. The van der Waals surface area contributed by atoms with E-state index >= 15 is 0 Å². The summed E-state index contributed by atoms with van der Waals surface area (Å²) in [5.41, 5.74) is 2.14. The first-order chi connectivity index (χ1) is 10.4. The maximum atomic E-state index is 11.1. The van der Waals surface area contributed by atoms with Gasteiger partial charge >= 0.3 is 6.09 Å². The molecule has 0 aliphatic heterocycles. The Hall–Kier alpha value is -1.31. The second kappa shape index (κ2) is 7.30. The van der Waals surface area contributed by atoms with E-state index in [1.54, 1.807) is 30.3 Å². The van der Waals surface area contributed by atoms with E-state index in [9.17, 15) is 9.90 Å². The van der Waals surface area contributed by atoms with Crippen LogP contribution in [0.4, 0.5) is 4.79 Å². The summed E-state index contributed by atoms with van der Waals surface area (Å²) >= 11 is 8.28. The first kappa shape index (κ1) is 17.1. The molecular weight excluding hydrogens is 417 g/mol. The van der Waals surface area contributed by atoms with E-state index in [0.29, 0.717) is 16.1 Å². The fraction of sp³-hybridized carbons (Fsp3) is 0.188. The van der Waals surface area contributed by atoms with Crippen LogP contribution in [0.1, 0.15) is 28.8 Å². The van der Waals surface area contributed by atoms with E-state index in [-0.39, 0.29) is 0 Å². The summed E-state index contributed by atoms with van der Waals surface area (Å²) in [6.45, 7) is 1.86. The van der Waals surface area contributed by atoms with Gasteiger partial charge in [-0.25, -0.2) is 4.79 Å². The zero-order chi connectivity index (χ0) is 16.3. The number of carboxylic acid groups (broad SMARTS) is 1. The lowest BCUT2D eigenvalue weighted by molar-refractivity contribution is 0.120. The van der Waals surface area contributed by atoms with Crippen LogP contribution < -0.4 is 5.32 Å². The van der Waals surface area contributed by atoms with Crippen molar-refractivity contribution in [1.29, 1.82) is 0 Å². The maximum Gasteiger partial charge on any atom is 0.405 e. The lowest BCUT2D eigenvalue weighted by Crippen LogP contribution is -2.31. The van der Waals surface area contributed by atoms with Crippen LogP contribution in [0.25, 0.3) is 0 Å². The lowest BCUT2D eigenvalue weighted by Gasteiger charge is -2.24. The molecule has 0 spiro atoms. The Morgan fingerprint density at radius 2 is 1.77 bits per heavy atom. The van der Waals surface area contributed by atoms with Crippen LogP contribution in [0.2, 0.25) is 5.02 Å². The predicted molar refractivity (Wildman–Crippen MR) is 94.2 cm³/mol. The molecule has 0 fully saturated rings. The Balaban J connectivity index is 2.38. The molecule has 116 valence electrons. The molecule has 0 heterocycles. The number of rotatable bonds is 4. The van der Waals surface area contributed by atoms with Gasteiger partial charge in [-0.15, -0.1) is 0 Å². The Morgan fingerprint density at radius 3 is 2.32 bits per heavy atom. The van der Waals surface area contributed by atoms with Crippen molar-refractivity contribution in [2.24, 2.45) is 0 Å². The van der Waals surface area contributed by atoms with Crippen LogP contribution in [0, 0.1) is 10.5 Å². The normalized spacial score (nSPS) is 13.5. The number of aliphatic hydroxyl groups is 1. The van der Waals surface area contributed by atoms with Crippen LogP contribution in [0.15, 0.2) is 42.5 Å². The van der Waals surface area contributed by atoms with Crippen LogP contribution in [-0.2, 0) is 0 Å². The molecule has 2 rings (SSSR count). The van der Waals surface area contributed by atoms with Gasteiger partial charge in [-0.05, 0) is 64.4 Å². The van der Waals surface area contributed by atoms with Gasteiger partial charge in [0.2, 0.25) is 0 Å². The Bertz CT molecular complexity index is 676. The summed E-state index contributed by atoms with van der Waals surface area (Å²) < 4.78 is 1.04. The first-order valence-corrected chi connectivity index (χ1v) is 8.03. The zero-order valence-electron chi connectivity index (χ0n) is 11.8. The van der Waals surface area contributed by atoms with E-state index in [4.69, 9.17) is 16.7 Å². The van der Waals surface area contributed by atoms with E-state index in [1.165, 1.54) is 0 Å². The molecule has 22 heavy (non-hydrogen) atoms. The number of aliphatic hydroxyl groups excluding tert-OH is 1. The first-order valence-electron chi connectivity index (χ1n) is 6.57. The molecule has 0 saturated heterocycles. The van der Waals surface area contributed by atoms with Gasteiger partial charge in [0, 0.05) is 8.59 Å². The van der Waals surface area contributed by atoms with E-state index in [1.807, 2.05) is 19.1 Å². The summed E-state index contributed by atoms with van der Waals surface area (Å²) in [6, 6.07) is 11.7. The molecule has 2 atom stereocenters. The number of carbonyl (C=O) groups is 1. The molecule has 1 amide bonds. The number of nitrogens with one attached hydrogen (secondary N) is 1. The van der Waals surface area contributed by atoms with Gasteiger partial charge in [0.15, 0.2) is 0 Å². The topological polar surface area (TPSA) is 69.6 Å². The van der Waals surface area contributed by atoms with Crippen molar-refractivity contribution in [2.45, 2.75) is 19.1 Å². The number of benzene rings is 2. The highest BCUT2D eigenvalue weighted by Crippen LogP contribution is 2.31. The Morgan fingerprint density at radius 1 is 1.18 bits per heavy atom. The molecule has 6 heteroatoms. The highest BCUT2D eigenvalue weighted by molar-refractivity contribution is 14.1. The third-order valence-electron chi connectivity index (χ3n) is 3.36. The SMILES string of the molecule is Cc1ccc(C(NC(=O)O)C(O)c2ccc(I)cc2)cc1Cl. The van der Waals surface area contributed by atoms with Gasteiger partial charge in [-0.1, -0.05) is 35.9 Å². The van der Waals surface area contributed by atoms with Gasteiger partial charge < -0.3 is 15.5 Å². The molecule has 0 saturated carbocycles. The Kier molecular flexibility index (Phi) is 5.66. The Labute approximate surface area is 147 Å².